The summed E-state index contributed by atoms with van der Waals surface area (Å²) in [6.45, 7) is -0.314. The second-order valence-electron chi connectivity index (χ2n) is 3.98. The number of hydrogen-bond donors (Lipinski definition) is 1. The topological polar surface area (TPSA) is 97.5 Å². The van der Waals surface area contributed by atoms with Crippen molar-refractivity contribution in [2.24, 2.45) is 5.73 Å². The number of para-hydroxylation sites is 1. The minimum absolute atomic E-state index is 0.0668. The molecule has 2 N–H and O–H groups in total. The lowest BCUT2D eigenvalue weighted by molar-refractivity contribution is -0.122. The van der Waals surface area contributed by atoms with Crippen LogP contribution in [0.15, 0.2) is 29.2 Å². The Morgan fingerprint density at radius 3 is 2.67 bits per heavy atom. The first-order valence-electron chi connectivity index (χ1n) is 5.32. The minimum Gasteiger partial charge on any atom is -0.368 e. The van der Waals surface area contributed by atoms with E-state index in [4.69, 9.17) is 5.73 Å². The number of amides is 2. The zero-order chi connectivity index (χ0) is 13.3. The van der Waals surface area contributed by atoms with E-state index < -0.39 is 21.7 Å². The lowest BCUT2D eigenvalue weighted by Gasteiger charge is -2.20. The molecular weight excluding hydrogens is 256 g/mol. The van der Waals surface area contributed by atoms with Crippen LogP contribution >= 0.6 is 0 Å². The van der Waals surface area contributed by atoms with Gasteiger partial charge in [-0.1, -0.05) is 12.1 Å². The predicted octanol–water partition coefficient (Wildman–Crippen LogP) is -0.318. The van der Waals surface area contributed by atoms with Crippen molar-refractivity contribution in [3.05, 3.63) is 24.3 Å². The third-order valence-corrected chi connectivity index (χ3v) is 4.45. The molecule has 0 aromatic heterocycles. The number of hydrogen-bond acceptors (Lipinski definition) is 4. The molecule has 7 heteroatoms. The minimum atomic E-state index is -3.49. The van der Waals surface area contributed by atoms with Gasteiger partial charge in [-0.2, -0.15) is 0 Å². The summed E-state index contributed by atoms with van der Waals surface area (Å²) in [5.74, 6) is -1.35. The summed E-state index contributed by atoms with van der Waals surface area (Å²) < 4.78 is 23.9. The molecule has 1 aliphatic rings. The van der Waals surface area contributed by atoms with Gasteiger partial charge >= 0.3 is 0 Å². The number of nitrogens with two attached hydrogens (primary N) is 1. The van der Waals surface area contributed by atoms with Crippen molar-refractivity contribution >= 4 is 27.3 Å². The highest BCUT2D eigenvalue weighted by Gasteiger charge is 2.30. The lowest BCUT2D eigenvalue weighted by atomic mass is 10.2. The smallest absolute Gasteiger partial charge is 0.237 e. The SMILES string of the molecule is NC(=O)CN1C(=O)CCS(=O)(=O)c2ccccc21. The fraction of sp³-hybridized carbons (Fsp3) is 0.273. The van der Waals surface area contributed by atoms with Gasteiger partial charge in [-0.3, -0.25) is 9.59 Å². The quantitative estimate of drug-likeness (QED) is 0.795. The Labute approximate surface area is 104 Å². The normalized spacial score (nSPS) is 18.0. The van der Waals surface area contributed by atoms with Crippen LogP contribution in [0, 0.1) is 0 Å². The van der Waals surface area contributed by atoms with Crippen LogP contribution in [-0.2, 0) is 19.4 Å². The maximum absolute atomic E-state index is 12.0. The average molecular weight is 268 g/mol. The van der Waals surface area contributed by atoms with Gasteiger partial charge in [0.25, 0.3) is 0 Å². The van der Waals surface area contributed by atoms with Crippen LogP contribution in [0.4, 0.5) is 5.69 Å². The summed E-state index contributed by atoms with van der Waals surface area (Å²) in [4.78, 5) is 24.0. The largest absolute Gasteiger partial charge is 0.368 e. The highest BCUT2D eigenvalue weighted by molar-refractivity contribution is 7.91. The molecule has 18 heavy (non-hydrogen) atoms. The Bertz CT molecular complexity index is 609. The summed E-state index contributed by atoms with van der Waals surface area (Å²) in [6, 6.07) is 6.12. The van der Waals surface area contributed by atoms with Crippen LogP contribution < -0.4 is 10.6 Å². The maximum atomic E-state index is 12.0. The number of rotatable bonds is 2. The van der Waals surface area contributed by atoms with Crippen LogP contribution in [0.5, 0.6) is 0 Å². The molecular formula is C11H12N2O4S. The number of carbonyl (C=O) groups excluding carboxylic acids is 2. The van der Waals surface area contributed by atoms with Crippen molar-refractivity contribution in [1.82, 2.24) is 0 Å². The first kappa shape index (κ1) is 12.6. The van der Waals surface area contributed by atoms with Crippen molar-refractivity contribution < 1.29 is 18.0 Å². The van der Waals surface area contributed by atoms with E-state index in [1.165, 1.54) is 12.1 Å². The van der Waals surface area contributed by atoms with E-state index in [1.54, 1.807) is 12.1 Å². The number of sulfone groups is 1. The molecule has 6 nitrogen and oxygen atoms in total. The number of anilines is 1. The summed E-state index contributed by atoms with van der Waals surface area (Å²) >= 11 is 0. The van der Waals surface area contributed by atoms with E-state index in [0.29, 0.717) is 0 Å². The molecule has 1 heterocycles. The van der Waals surface area contributed by atoms with Gasteiger partial charge in [0, 0.05) is 6.42 Å². The van der Waals surface area contributed by atoms with Crippen molar-refractivity contribution in [3.63, 3.8) is 0 Å². The van der Waals surface area contributed by atoms with Crippen LogP contribution in [-0.4, -0.2) is 32.5 Å². The van der Waals surface area contributed by atoms with Crippen LogP contribution in [0.3, 0.4) is 0 Å². The first-order valence-corrected chi connectivity index (χ1v) is 6.97. The Balaban J connectivity index is 2.60. The van der Waals surface area contributed by atoms with Crippen LogP contribution in [0.2, 0.25) is 0 Å². The highest BCUT2D eigenvalue weighted by atomic mass is 32.2. The molecule has 0 radical (unpaired) electrons. The Morgan fingerprint density at radius 2 is 2.00 bits per heavy atom. The van der Waals surface area contributed by atoms with Gasteiger partial charge in [0.05, 0.1) is 16.3 Å². The average Bonchev–Trinajstić information content (AvgIpc) is 2.40. The predicted molar refractivity (Wildman–Crippen MR) is 64.7 cm³/mol. The summed E-state index contributed by atoms with van der Waals surface area (Å²) in [6.07, 6.45) is -0.149. The zero-order valence-electron chi connectivity index (χ0n) is 9.50. The van der Waals surface area contributed by atoms with Gasteiger partial charge in [0.15, 0.2) is 9.84 Å². The van der Waals surface area contributed by atoms with E-state index in [-0.39, 0.29) is 29.3 Å². The molecule has 0 fully saturated rings. The van der Waals surface area contributed by atoms with Crippen LogP contribution in [0.25, 0.3) is 0 Å². The van der Waals surface area contributed by atoms with Gasteiger partial charge in [-0.25, -0.2) is 8.42 Å². The van der Waals surface area contributed by atoms with E-state index in [2.05, 4.69) is 0 Å². The van der Waals surface area contributed by atoms with Crippen molar-refractivity contribution in [2.45, 2.75) is 11.3 Å². The Hall–Kier alpha value is -1.89. The van der Waals surface area contributed by atoms with Gasteiger partial charge < -0.3 is 10.6 Å². The van der Waals surface area contributed by atoms with E-state index in [0.717, 1.165) is 4.90 Å². The third-order valence-electron chi connectivity index (χ3n) is 2.69. The van der Waals surface area contributed by atoms with Gasteiger partial charge in [-0.05, 0) is 12.1 Å². The molecule has 2 amide bonds. The highest BCUT2D eigenvalue weighted by Crippen LogP contribution is 2.29. The molecule has 0 spiro atoms. The fourth-order valence-corrected chi connectivity index (χ4v) is 3.32. The number of carbonyl (C=O) groups is 2. The van der Waals surface area contributed by atoms with E-state index >= 15 is 0 Å². The fourth-order valence-electron chi connectivity index (χ4n) is 1.87. The van der Waals surface area contributed by atoms with Gasteiger partial charge in [-0.15, -0.1) is 0 Å². The molecule has 0 bridgehead atoms. The maximum Gasteiger partial charge on any atom is 0.237 e. The molecule has 2 rings (SSSR count). The lowest BCUT2D eigenvalue weighted by Crippen LogP contribution is -2.38. The Kier molecular flexibility index (Phi) is 3.08. The summed E-state index contributed by atoms with van der Waals surface area (Å²) in [5, 5.41) is 0. The molecule has 1 aromatic carbocycles. The Morgan fingerprint density at radius 1 is 1.33 bits per heavy atom. The zero-order valence-corrected chi connectivity index (χ0v) is 10.3. The van der Waals surface area contributed by atoms with E-state index in [9.17, 15) is 18.0 Å². The van der Waals surface area contributed by atoms with Gasteiger partial charge in [0.2, 0.25) is 11.8 Å². The molecule has 0 aliphatic carbocycles. The molecule has 1 aliphatic heterocycles. The monoisotopic (exact) mass is 268 g/mol. The van der Waals surface area contributed by atoms with E-state index in [1.807, 2.05) is 0 Å². The number of primary amides is 1. The number of nitrogens with zero attached hydrogens (tertiary/aromatic N) is 1. The summed E-state index contributed by atoms with van der Waals surface area (Å²) in [5.41, 5.74) is 5.30. The van der Waals surface area contributed by atoms with Gasteiger partial charge in [0.1, 0.15) is 6.54 Å². The molecule has 0 atom stereocenters. The molecule has 0 saturated heterocycles. The third kappa shape index (κ3) is 2.21. The van der Waals surface area contributed by atoms with Crippen LogP contribution in [0.1, 0.15) is 6.42 Å². The number of benzene rings is 1. The molecule has 1 aromatic rings. The van der Waals surface area contributed by atoms with Crippen molar-refractivity contribution in [1.29, 1.82) is 0 Å². The second-order valence-corrected chi connectivity index (χ2v) is 6.06. The molecule has 0 saturated carbocycles. The first-order chi connectivity index (χ1) is 8.42. The number of fused-ring (bicyclic) bond motifs is 1. The van der Waals surface area contributed by atoms with Crippen molar-refractivity contribution in [2.75, 3.05) is 17.2 Å². The molecule has 0 unspecified atom stereocenters. The summed E-state index contributed by atoms with van der Waals surface area (Å²) in [7, 11) is -3.49. The van der Waals surface area contributed by atoms with Crippen molar-refractivity contribution in [3.8, 4) is 0 Å². The molecule has 96 valence electrons. The standard InChI is InChI=1S/C11H12N2O4S/c12-10(14)7-13-8-3-1-2-4-9(8)18(16,17)6-5-11(13)15/h1-4H,5-7H2,(H2,12,14). The second kappa shape index (κ2) is 4.41.